The molecule has 0 saturated heterocycles. The summed E-state index contributed by atoms with van der Waals surface area (Å²) in [5.74, 6) is -0.974. The molecular weight excluding hydrogens is 315 g/mol. The first-order valence-electron chi connectivity index (χ1n) is 6.20. The van der Waals surface area contributed by atoms with Gasteiger partial charge in [0, 0.05) is 0 Å². The zero-order valence-electron chi connectivity index (χ0n) is 11.5. The van der Waals surface area contributed by atoms with Crippen molar-refractivity contribution in [3.8, 4) is 17.0 Å². The number of nitrogens with two attached hydrogens (primary N) is 2. The van der Waals surface area contributed by atoms with Crippen molar-refractivity contribution in [1.29, 1.82) is 0 Å². The second-order valence-corrected chi connectivity index (χ2v) is 4.93. The van der Waals surface area contributed by atoms with E-state index in [9.17, 15) is 14.6 Å². The average Bonchev–Trinajstić information content (AvgIpc) is 2.41. The van der Waals surface area contributed by atoms with Crippen molar-refractivity contribution in [2.75, 3.05) is 11.5 Å². The third-order valence-electron chi connectivity index (χ3n) is 2.77. The summed E-state index contributed by atoms with van der Waals surface area (Å²) in [6, 6.07) is 3.85. The van der Waals surface area contributed by atoms with Gasteiger partial charge in [-0.25, -0.2) is 4.39 Å². The number of nitrogens with zero attached hydrogens (tertiary/aromatic N) is 2. The van der Waals surface area contributed by atoms with E-state index in [2.05, 4.69) is 9.97 Å². The molecule has 0 aliphatic rings. The van der Waals surface area contributed by atoms with Gasteiger partial charge in [0.1, 0.15) is 17.7 Å². The second-order valence-electron chi connectivity index (χ2n) is 4.53. The molecular formula is C13H14ClFN4O3. The standard InChI is InChI=1S/C13H14ClFN4O3/c1-5(20)12(21)22-11-9(10(16)18-13(17)19-11)6-2-3-8(15)7(14)4-6/h2-5,12,20-21H,1H3,(H4,16,17,18,19)/t5?,12-/m1/s1. The minimum absolute atomic E-state index is 0.0389. The minimum atomic E-state index is -1.55. The van der Waals surface area contributed by atoms with Gasteiger partial charge < -0.3 is 26.4 Å². The van der Waals surface area contributed by atoms with Crippen molar-refractivity contribution in [3.05, 3.63) is 29.0 Å². The number of halogens is 2. The highest BCUT2D eigenvalue weighted by Gasteiger charge is 2.21. The van der Waals surface area contributed by atoms with Gasteiger partial charge in [-0.1, -0.05) is 17.7 Å². The largest absolute Gasteiger partial charge is 0.444 e. The van der Waals surface area contributed by atoms with E-state index in [0.29, 0.717) is 5.56 Å². The lowest BCUT2D eigenvalue weighted by atomic mass is 10.1. The molecule has 0 radical (unpaired) electrons. The Bertz CT molecular complexity index is 699. The molecule has 1 aromatic carbocycles. The number of ether oxygens (including phenoxy) is 1. The van der Waals surface area contributed by atoms with Crippen LogP contribution in [0.1, 0.15) is 6.92 Å². The molecule has 1 unspecified atom stereocenters. The van der Waals surface area contributed by atoms with Gasteiger partial charge in [-0.05, 0) is 24.6 Å². The van der Waals surface area contributed by atoms with Gasteiger partial charge in [-0.15, -0.1) is 0 Å². The molecule has 1 heterocycles. The van der Waals surface area contributed by atoms with Gasteiger partial charge in [0.25, 0.3) is 0 Å². The van der Waals surface area contributed by atoms with Crippen molar-refractivity contribution >= 4 is 23.4 Å². The molecule has 6 N–H and O–H groups in total. The number of hydrogen-bond acceptors (Lipinski definition) is 7. The van der Waals surface area contributed by atoms with Crippen molar-refractivity contribution in [1.82, 2.24) is 9.97 Å². The quantitative estimate of drug-likeness (QED) is 0.620. The topological polar surface area (TPSA) is 128 Å². The molecule has 0 bridgehead atoms. The number of aliphatic hydroxyl groups excluding tert-OH is 2. The maximum atomic E-state index is 13.3. The van der Waals surface area contributed by atoms with Crippen LogP contribution < -0.4 is 16.2 Å². The fraction of sp³-hybridized carbons (Fsp3) is 0.231. The van der Waals surface area contributed by atoms with Crippen LogP contribution >= 0.6 is 11.6 Å². The first-order valence-corrected chi connectivity index (χ1v) is 6.58. The van der Waals surface area contributed by atoms with Gasteiger partial charge in [-0.2, -0.15) is 9.97 Å². The number of anilines is 2. The van der Waals surface area contributed by atoms with Crippen molar-refractivity contribution in [2.24, 2.45) is 0 Å². The van der Waals surface area contributed by atoms with Crippen LogP contribution in [-0.2, 0) is 0 Å². The summed E-state index contributed by atoms with van der Waals surface area (Å²) in [5, 5.41) is 18.8. The lowest BCUT2D eigenvalue weighted by Gasteiger charge is -2.18. The molecule has 2 atom stereocenters. The van der Waals surface area contributed by atoms with Crippen LogP contribution in [0.4, 0.5) is 16.2 Å². The molecule has 2 aromatic rings. The van der Waals surface area contributed by atoms with E-state index in [1.54, 1.807) is 0 Å². The molecule has 2 rings (SSSR count). The number of benzene rings is 1. The van der Waals surface area contributed by atoms with Crippen LogP contribution in [0, 0.1) is 5.82 Å². The smallest absolute Gasteiger partial charge is 0.230 e. The predicted molar refractivity (Wildman–Crippen MR) is 79.6 cm³/mol. The van der Waals surface area contributed by atoms with Crippen molar-refractivity contribution in [2.45, 2.75) is 19.3 Å². The van der Waals surface area contributed by atoms with Crippen LogP contribution in [0.15, 0.2) is 18.2 Å². The van der Waals surface area contributed by atoms with Gasteiger partial charge >= 0.3 is 0 Å². The Hall–Kier alpha value is -2.16. The highest BCUT2D eigenvalue weighted by Crippen LogP contribution is 2.35. The molecule has 0 fully saturated rings. The number of aromatic nitrogens is 2. The third-order valence-corrected chi connectivity index (χ3v) is 3.06. The van der Waals surface area contributed by atoms with Crippen LogP contribution in [0.5, 0.6) is 5.88 Å². The number of rotatable bonds is 4. The number of aliphatic hydroxyl groups is 2. The Kier molecular flexibility index (Phi) is 4.65. The van der Waals surface area contributed by atoms with E-state index >= 15 is 0 Å². The van der Waals surface area contributed by atoms with E-state index in [-0.39, 0.29) is 28.2 Å². The zero-order valence-corrected chi connectivity index (χ0v) is 12.3. The average molecular weight is 329 g/mol. The lowest BCUT2D eigenvalue weighted by Crippen LogP contribution is -2.29. The zero-order chi connectivity index (χ0) is 16.4. The summed E-state index contributed by atoms with van der Waals surface area (Å²) in [6.07, 6.45) is -2.73. The molecule has 118 valence electrons. The number of nitrogen functional groups attached to an aromatic ring is 2. The first-order chi connectivity index (χ1) is 10.3. The fourth-order valence-electron chi connectivity index (χ4n) is 1.69. The molecule has 1 aromatic heterocycles. The van der Waals surface area contributed by atoms with Crippen LogP contribution in [0.3, 0.4) is 0 Å². The molecule has 0 amide bonds. The summed E-state index contributed by atoms with van der Waals surface area (Å²) in [7, 11) is 0. The van der Waals surface area contributed by atoms with E-state index < -0.39 is 18.2 Å². The third kappa shape index (κ3) is 3.35. The summed E-state index contributed by atoms with van der Waals surface area (Å²) >= 11 is 5.74. The monoisotopic (exact) mass is 328 g/mol. The molecule has 0 saturated carbocycles. The van der Waals surface area contributed by atoms with E-state index in [1.807, 2.05) is 0 Å². The van der Waals surface area contributed by atoms with E-state index in [1.165, 1.54) is 19.1 Å². The van der Waals surface area contributed by atoms with Crippen LogP contribution in [0.25, 0.3) is 11.1 Å². The SMILES string of the molecule is CC(O)[C@H](O)Oc1nc(N)nc(N)c1-c1ccc(F)c(Cl)c1. The van der Waals surface area contributed by atoms with Gasteiger partial charge in [0.2, 0.25) is 18.1 Å². The summed E-state index contributed by atoms with van der Waals surface area (Å²) in [6.45, 7) is 1.33. The molecule has 7 nitrogen and oxygen atoms in total. The Morgan fingerprint density at radius 3 is 2.55 bits per heavy atom. The Labute approximate surface area is 130 Å². The molecule has 9 heteroatoms. The summed E-state index contributed by atoms with van der Waals surface area (Å²) in [5.41, 5.74) is 11.9. The van der Waals surface area contributed by atoms with Gasteiger partial charge in [-0.3, -0.25) is 0 Å². The molecule has 0 aliphatic heterocycles. The van der Waals surface area contributed by atoms with Crippen LogP contribution in [0.2, 0.25) is 5.02 Å². The normalized spacial score (nSPS) is 13.7. The minimum Gasteiger partial charge on any atom is -0.444 e. The Morgan fingerprint density at radius 1 is 1.27 bits per heavy atom. The van der Waals surface area contributed by atoms with Crippen molar-refractivity contribution < 1.29 is 19.3 Å². The van der Waals surface area contributed by atoms with Gasteiger partial charge in [0.05, 0.1) is 10.6 Å². The molecule has 22 heavy (non-hydrogen) atoms. The molecule has 0 aliphatic carbocycles. The van der Waals surface area contributed by atoms with Crippen LogP contribution in [-0.4, -0.2) is 32.6 Å². The predicted octanol–water partition coefficient (Wildman–Crippen LogP) is 1.18. The molecule has 0 spiro atoms. The summed E-state index contributed by atoms with van der Waals surface area (Å²) < 4.78 is 18.4. The highest BCUT2D eigenvalue weighted by molar-refractivity contribution is 6.31. The highest BCUT2D eigenvalue weighted by atomic mass is 35.5. The Morgan fingerprint density at radius 2 is 1.95 bits per heavy atom. The number of hydrogen-bond donors (Lipinski definition) is 4. The summed E-state index contributed by atoms with van der Waals surface area (Å²) in [4.78, 5) is 7.64. The van der Waals surface area contributed by atoms with Gasteiger partial charge in [0.15, 0.2) is 0 Å². The lowest BCUT2D eigenvalue weighted by molar-refractivity contribution is -0.0976. The van der Waals surface area contributed by atoms with E-state index in [0.717, 1.165) is 6.07 Å². The second kappa shape index (κ2) is 6.30. The van der Waals surface area contributed by atoms with Crippen molar-refractivity contribution in [3.63, 3.8) is 0 Å². The maximum absolute atomic E-state index is 13.3. The fourth-order valence-corrected chi connectivity index (χ4v) is 1.88. The Balaban J connectivity index is 2.55. The first kappa shape index (κ1) is 16.2. The maximum Gasteiger partial charge on any atom is 0.230 e. The van der Waals surface area contributed by atoms with E-state index in [4.69, 9.17) is 27.8 Å².